The largest absolute Gasteiger partial charge is 0.508 e. The van der Waals surface area contributed by atoms with Crippen LogP contribution in [0.2, 0.25) is 0 Å². The molecule has 7 heteroatoms. The number of nitrogens with zero attached hydrogens (tertiary/aromatic N) is 4. The van der Waals surface area contributed by atoms with Crippen molar-refractivity contribution in [1.29, 1.82) is 0 Å². The average Bonchev–Trinajstić information content (AvgIpc) is 3.10. The van der Waals surface area contributed by atoms with E-state index in [0.29, 0.717) is 18.2 Å². The number of rotatable bonds is 2. The predicted molar refractivity (Wildman–Crippen MR) is 108 cm³/mol. The van der Waals surface area contributed by atoms with E-state index in [1.807, 2.05) is 12.1 Å². The van der Waals surface area contributed by atoms with Gasteiger partial charge in [-0.05, 0) is 53.8 Å². The molecule has 0 amide bonds. The molecule has 2 aromatic heterocycles. The zero-order valence-corrected chi connectivity index (χ0v) is 16.3. The topological polar surface area (TPSA) is 92.9 Å². The van der Waals surface area contributed by atoms with Gasteiger partial charge in [0.1, 0.15) is 11.8 Å². The minimum atomic E-state index is -0.341. The fourth-order valence-corrected chi connectivity index (χ4v) is 4.20. The molecule has 29 heavy (non-hydrogen) atoms. The molecule has 0 spiro atoms. The smallest absolute Gasteiger partial charge is 0.226 e. The molecule has 0 fully saturated rings. The summed E-state index contributed by atoms with van der Waals surface area (Å²) in [7, 11) is 0. The van der Waals surface area contributed by atoms with Crippen LogP contribution in [0.1, 0.15) is 38.3 Å². The normalized spacial score (nSPS) is 20.1. The number of carbonyl (C=O) groups excluding carboxylic acids is 1. The molecule has 1 aliphatic heterocycles. The van der Waals surface area contributed by atoms with Gasteiger partial charge >= 0.3 is 0 Å². The molecule has 5 rings (SSSR count). The van der Waals surface area contributed by atoms with Crippen molar-refractivity contribution in [1.82, 2.24) is 19.7 Å². The summed E-state index contributed by atoms with van der Waals surface area (Å²) in [6, 6.07) is 10.3. The fraction of sp³-hybridized carbons (Fsp3) is 0.273. The van der Waals surface area contributed by atoms with Crippen LogP contribution in [0.5, 0.6) is 5.75 Å². The van der Waals surface area contributed by atoms with Crippen molar-refractivity contribution < 1.29 is 9.90 Å². The van der Waals surface area contributed by atoms with Crippen LogP contribution in [0.4, 0.5) is 5.95 Å². The number of aromatic nitrogens is 4. The van der Waals surface area contributed by atoms with Gasteiger partial charge in [0.25, 0.3) is 0 Å². The lowest BCUT2D eigenvalue weighted by Crippen LogP contribution is -2.36. The van der Waals surface area contributed by atoms with E-state index in [1.54, 1.807) is 41.3 Å². The molecule has 2 N–H and O–H groups in total. The van der Waals surface area contributed by atoms with Gasteiger partial charge in [-0.15, -0.1) is 5.10 Å². The second-order valence-electron chi connectivity index (χ2n) is 8.39. The third-order valence-corrected chi connectivity index (χ3v) is 5.48. The average molecular weight is 387 g/mol. The van der Waals surface area contributed by atoms with Crippen LogP contribution in [0.3, 0.4) is 0 Å². The molecule has 146 valence electrons. The zero-order chi connectivity index (χ0) is 20.2. The monoisotopic (exact) mass is 387 g/mol. The summed E-state index contributed by atoms with van der Waals surface area (Å²) in [5.41, 5.74) is 3.32. The Labute approximate surface area is 168 Å². The molecule has 1 aromatic carbocycles. The summed E-state index contributed by atoms with van der Waals surface area (Å²) in [5.74, 6) is 1.48. The Morgan fingerprint density at radius 1 is 1.10 bits per heavy atom. The third kappa shape index (κ3) is 2.99. The summed E-state index contributed by atoms with van der Waals surface area (Å²) in [6.07, 6.45) is 4.74. The number of nitrogens with one attached hydrogen (secondary N) is 1. The number of phenolic OH excluding ortho intramolecular Hbond substituents is 1. The van der Waals surface area contributed by atoms with Crippen LogP contribution in [0, 0.1) is 5.41 Å². The van der Waals surface area contributed by atoms with Gasteiger partial charge < -0.3 is 10.4 Å². The van der Waals surface area contributed by atoms with E-state index < -0.39 is 0 Å². The lowest BCUT2D eigenvalue weighted by molar-refractivity contribution is -0.118. The van der Waals surface area contributed by atoms with Crippen LogP contribution in [-0.4, -0.2) is 30.6 Å². The Morgan fingerprint density at radius 2 is 1.83 bits per heavy atom. The molecule has 1 unspecified atom stereocenters. The molecule has 1 atom stereocenters. The number of carbonyl (C=O) groups is 1. The second kappa shape index (κ2) is 6.27. The van der Waals surface area contributed by atoms with Gasteiger partial charge in [-0.1, -0.05) is 13.8 Å². The summed E-state index contributed by atoms with van der Waals surface area (Å²) in [5, 5.41) is 17.7. The number of allylic oxidation sites excluding steroid dienone is 2. The van der Waals surface area contributed by atoms with Crippen LogP contribution in [0.15, 0.2) is 60.1 Å². The standard InChI is InChI=1S/C22H21N5O2/c1-22(2)11-16-18(17(29)12-22)19(13-7-9-23-10-8-13)27-21(24-16)25-20(26-27)14-3-5-15(28)6-4-14/h3-10,19,28H,11-12H2,1-2H3,(H,24,25,26). The van der Waals surface area contributed by atoms with E-state index in [1.165, 1.54) is 0 Å². The number of aromatic hydroxyl groups is 1. The fourth-order valence-electron chi connectivity index (χ4n) is 4.20. The molecular weight excluding hydrogens is 366 g/mol. The molecule has 0 saturated carbocycles. The Morgan fingerprint density at radius 3 is 2.55 bits per heavy atom. The lowest BCUT2D eigenvalue weighted by atomic mass is 9.73. The van der Waals surface area contributed by atoms with Crippen molar-refractivity contribution in [3.8, 4) is 17.1 Å². The highest BCUT2D eigenvalue weighted by Crippen LogP contribution is 2.45. The first-order valence-electron chi connectivity index (χ1n) is 9.60. The van der Waals surface area contributed by atoms with E-state index in [0.717, 1.165) is 28.8 Å². The van der Waals surface area contributed by atoms with Crippen molar-refractivity contribution in [2.24, 2.45) is 5.41 Å². The maximum absolute atomic E-state index is 13.1. The maximum atomic E-state index is 13.1. The van der Waals surface area contributed by atoms with Crippen molar-refractivity contribution in [2.75, 3.05) is 5.32 Å². The van der Waals surface area contributed by atoms with Crippen molar-refractivity contribution in [3.05, 3.63) is 65.6 Å². The van der Waals surface area contributed by atoms with Gasteiger partial charge in [0.15, 0.2) is 11.6 Å². The second-order valence-corrected chi connectivity index (χ2v) is 8.39. The van der Waals surface area contributed by atoms with Crippen LogP contribution >= 0.6 is 0 Å². The molecule has 0 radical (unpaired) electrons. The predicted octanol–water partition coefficient (Wildman–Crippen LogP) is 3.70. The summed E-state index contributed by atoms with van der Waals surface area (Å²) < 4.78 is 1.78. The number of Topliss-reactive ketones (excluding diaryl/α,β-unsaturated/α-hetero) is 1. The molecule has 3 aromatic rings. The van der Waals surface area contributed by atoms with E-state index in [2.05, 4.69) is 29.1 Å². The molecule has 0 bridgehead atoms. The minimum absolute atomic E-state index is 0.103. The van der Waals surface area contributed by atoms with Gasteiger partial charge in [0.2, 0.25) is 5.95 Å². The number of phenols is 1. The minimum Gasteiger partial charge on any atom is -0.508 e. The SMILES string of the molecule is CC1(C)CC(=O)C2=C(C1)Nc1nc(-c3ccc(O)cc3)nn1C2c1ccncc1. The van der Waals surface area contributed by atoms with Gasteiger partial charge in [-0.3, -0.25) is 9.78 Å². The number of hydrogen-bond donors (Lipinski definition) is 2. The molecule has 0 saturated heterocycles. The lowest BCUT2D eigenvalue weighted by Gasteiger charge is -2.38. The quantitative estimate of drug-likeness (QED) is 0.696. The van der Waals surface area contributed by atoms with E-state index >= 15 is 0 Å². The number of pyridine rings is 1. The summed E-state index contributed by atoms with van der Waals surface area (Å²) in [6.45, 7) is 4.22. The van der Waals surface area contributed by atoms with Crippen LogP contribution in [0.25, 0.3) is 11.4 Å². The number of anilines is 1. The molecule has 3 heterocycles. The first kappa shape index (κ1) is 17.6. The Balaban J connectivity index is 1.67. The molecular formula is C22H21N5O2. The van der Waals surface area contributed by atoms with E-state index in [9.17, 15) is 9.90 Å². The van der Waals surface area contributed by atoms with Crippen LogP contribution < -0.4 is 5.32 Å². The zero-order valence-electron chi connectivity index (χ0n) is 16.3. The first-order chi connectivity index (χ1) is 13.9. The highest BCUT2D eigenvalue weighted by molar-refractivity contribution is 6.00. The van der Waals surface area contributed by atoms with Gasteiger partial charge in [0, 0.05) is 35.6 Å². The van der Waals surface area contributed by atoms with Gasteiger partial charge in [0.05, 0.1) is 0 Å². The Bertz CT molecular complexity index is 1130. The summed E-state index contributed by atoms with van der Waals surface area (Å²) >= 11 is 0. The number of hydrogen-bond acceptors (Lipinski definition) is 6. The molecule has 2 aliphatic rings. The van der Waals surface area contributed by atoms with E-state index in [4.69, 9.17) is 5.10 Å². The van der Waals surface area contributed by atoms with Crippen LogP contribution in [-0.2, 0) is 4.79 Å². The Hall–Kier alpha value is -3.48. The van der Waals surface area contributed by atoms with E-state index in [-0.39, 0.29) is 23.0 Å². The van der Waals surface area contributed by atoms with Crippen molar-refractivity contribution in [2.45, 2.75) is 32.7 Å². The maximum Gasteiger partial charge on any atom is 0.226 e. The van der Waals surface area contributed by atoms with Gasteiger partial charge in [-0.2, -0.15) is 4.98 Å². The van der Waals surface area contributed by atoms with Crippen molar-refractivity contribution >= 4 is 11.7 Å². The van der Waals surface area contributed by atoms with Gasteiger partial charge in [-0.25, -0.2) is 4.68 Å². The molecule has 1 aliphatic carbocycles. The number of benzene rings is 1. The molecule has 7 nitrogen and oxygen atoms in total. The Kier molecular flexibility index (Phi) is 3.81. The highest BCUT2D eigenvalue weighted by atomic mass is 16.3. The number of ketones is 1. The van der Waals surface area contributed by atoms with Crippen molar-refractivity contribution in [3.63, 3.8) is 0 Å². The highest BCUT2D eigenvalue weighted by Gasteiger charge is 2.41. The third-order valence-electron chi connectivity index (χ3n) is 5.48. The first-order valence-corrected chi connectivity index (χ1v) is 9.60. The number of fused-ring (bicyclic) bond motifs is 1. The summed E-state index contributed by atoms with van der Waals surface area (Å²) in [4.78, 5) is 22.0.